The van der Waals surface area contributed by atoms with E-state index >= 15 is 0 Å². The lowest BCUT2D eigenvalue weighted by Crippen LogP contribution is -2.46. The maximum Gasteiger partial charge on any atom is 0.339 e. The van der Waals surface area contributed by atoms with Crippen LogP contribution in [0, 0.1) is 16.7 Å². The average molecular weight is 287 g/mol. The number of para-hydroxylation sites is 1. The summed E-state index contributed by atoms with van der Waals surface area (Å²) in [6.07, 6.45) is 3.90. The van der Waals surface area contributed by atoms with E-state index in [1.165, 1.54) is 26.4 Å². The van der Waals surface area contributed by atoms with Crippen LogP contribution < -0.4 is 5.32 Å². The minimum absolute atomic E-state index is 0.260. The van der Waals surface area contributed by atoms with Crippen molar-refractivity contribution in [3.63, 3.8) is 0 Å². The largest absolute Gasteiger partial charge is 0.465 e. The molecule has 0 aliphatic heterocycles. The maximum atomic E-state index is 11.9. The van der Waals surface area contributed by atoms with E-state index in [4.69, 9.17) is 4.74 Å². The minimum Gasteiger partial charge on any atom is -0.465 e. The number of hydrogen-bond donors (Lipinski definition) is 1. The van der Waals surface area contributed by atoms with Gasteiger partial charge in [0.05, 0.1) is 12.7 Å². The molecule has 0 heterocycles. The number of carbonyl (C=O) groups is 1. The van der Waals surface area contributed by atoms with Crippen LogP contribution in [0.2, 0.25) is 0 Å². The Bertz CT molecular complexity index is 561. The summed E-state index contributed by atoms with van der Waals surface area (Å²) in [6.45, 7) is 7.11. The number of hydrogen-bond acceptors (Lipinski definition) is 3. The Kier molecular flexibility index (Phi) is 3.27. The van der Waals surface area contributed by atoms with Gasteiger partial charge in [0, 0.05) is 11.7 Å². The van der Waals surface area contributed by atoms with Crippen LogP contribution in [-0.2, 0) is 4.74 Å². The van der Waals surface area contributed by atoms with E-state index in [9.17, 15) is 4.79 Å². The number of anilines is 1. The van der Waals surface area contributed by atoms with Crippen LogP contribution in [0.1, 0.15) is 50.4 Å². The van der Waals surface area contributed by atoms with E-state index in [0.717, 1.165) is 11.6 Å². The van der Waals surface area contributed by atoms with E-state index in [-0.39, 0.29) is 11.4 Å². The molecule has 0 spiro atoms. The third-order valence-corrected chi connectivity index (χ3v) is 5.90. The quantitative estimate of drug-likeness (QED) is 0.851. The summed E-state index contributed by atoms with van der Waals surface area (Å²) >= 11 is 0. The highest BCUT2D eigenvalue weighted by molar-refractivity contribution is 5.95. The number of esters is 1. The molecule has 21 heavy (non-hydrogen) atoms. The van der Waals surface area contributed by atoms with Crippen molar-refractivity contribution in [3.8, 4) is 0 Å². The molecule has 2 bridgehead atoms. The molecular weight excluding hydrogens is 262 g/mol. The Hall–Kier alpha value is -1.51. The van der Waals surface area contributed by atoms with Crippen LogP contribution in [0.4, 0.5) is 5.69 Å². The fraction of sp³-hybridized carbons (Fsp3) is 0.611. The number of carbonyl (C=O) groups excluding carboxylic acids is 1. The first kappa shape index (κ1) is 14.4. The van der Waals surface area contributed by atoms with Crippen LogP contribution in [-0.4, -0.2) is 19.1 Å². The van der Waals surface area contributed by atoms with E-state index in [1.54, 1.807) is 0 Å². The Morgan fingerprint density at radius 2 is 2.00 bits per heavy atom. The van der Waals surface area contributed by atoms with Crippen LogP contribution in [0.5, 0.6) is 0 Å². The van der Waals surface area contributed by atoms with Gasteiger partial charge >= 0.3 is 5.97 Å². The van der Waals surface area contributed by atoms with Crippen LogP contribution >= 0.6 is 0 Å². The van der Waals surface area contributed by atoms with Gasteiger partial charge in [-0.3, -0.25) is 0 Å². The molecule has 3 unspecified atom stereocenters. The van der Waals surface area contributed by atoms with Gasteiger partial charge in [0.15, 0.2) is 0 Å². The molecule has 0 radical (unpaired) electrons. The van der Waals surface area contributed by atoms with Crippen LogP contribution in [0.25, 0.3) is 0 Å². The zero-order valence-corrected chi connectivity index (χ0v) is 13.4. The van der Waals surface area contributed by atoms with Crippen molar-refractivity contribution in [2.24, 2.45) is 16.7 Å². The molecule has 114 valence electrons. The Balaban J connectivity index is 1.92. The van der Waals surface area contributed by atoms with Crippen molar-refractivity contribution in [2.45, 2.75) is 46.1 Å². The monoisotopic (exact) mass is 287 g/mol. The Labute approximate surface area is 127 Å². The fourth-order valence-corrected chi connectivity index (χ4v) is 4.71. The summed E-state index contributed by atoms with van der Waals surface area (Å²) in [7, 11) is 1.43. The van der Waals surface area contributed by atoms with Gasteiger partial charge in [-0.2, -0.15) is 0 Å². The van der Waals surface area contributed by atoms with E-state index in [0.29, 0.717) is 17.0 Å². The Morgan fingerprint density at radius 1 is 1.29 bits per heavy atom. The van der Waals surface area contributed by atoms with Gasteiger partial charge in [-0.05, 0) is 48.1 Å². The van der Waals surface area contributed by atoms with E-state index in [2.05, 4.69) is 26.1 Å². The van der Waals surface area contributed by atoms with Crippen LogP contribution in [0.15, 0.2) is 24.3 Å². The lowest BCUT2D eigenvalue weighted by atomic mass is 9.68. The van der Waals surface area contributed by atoms with Gasteiger partial charge in [0.1, 0.15) is 0 Å². The first-order valence-electron chi connectivity index (χ1n) is 7.82. The summed E-state index contributed by atoms with van der Waals surface area (Å²) in [6, 6.07) is 8.06. The molecule has 0 saturated heterocycles. The van der Waals surface area contributed by atoms with Gasteiger partial charge in [-0.15, -0.1) is 0 Å². The highest BCUT2D eigenvalue weighted by atomic mass is 16.5. The van der Waals surface area contributed by atoms with Crippen molar-refractivity contribution in [3.05, 3.63) is 29.8 Å². The highest BCUT2D eigenvalue weighted by Gasteiger charge is 2.59. The molecule has 3 rings (SSSR count). The van der Waals surface area contributed by atoms with Crippen molar-refractivity contribution in [2.75, 3.05) is 12.4 Å². The summed E-state index contributed by atoms with van der Waals surface area (Å²) in [5.74, 6) is 0.509. The minimum atomic E-state index is -0.274. The molecule has 1 aromatic rings. The second kappa shape index (κ2) is 4.75. The zero-order valence-electron chi connectivity index (χ0n) is 13.4. The summed E-state index contributed by atoms with van der Waals surface area (Å²) in [5.41, 5.74) is 2.12. The van der Waals surface area contributed by atoms with E-state index < -0.39 is 0 Å². The number of ether oxygens (including phenoxy) is 1. The van der Waals surface area contributed by atoms with Gasteiger partial charge in [-0.1, -0.05) is 32.9 Å². The number of benzene rings is 1. The second-order valence-electron chi connectivity index (χ2n) is 7.53. The number of rotatable bonds is 3. The molecule has 0 amide bonds. The molecule has 3 heteroatoms. The summed E-state index contributed by atoms with van der Waals surface area (Å²) in [5, 5.41) is 3.69. The molecule has 2 aliphatic rings. The van der Waals surface area contributed by atoms with Crippen molar-refractivity contribution < 1.29 is 9.53 Å². The predicted octanol–water partition coefficient (Wildman–Crippen LogP) is 4.10. The first-order chi connectivity index (χ1) is 9.88. The summed E-state index contributed by atoms with van der Waals surface area (Å²) in [4.78, 5) is 11.9. The van der Waals surface area contributed by atoms with Crippen molar-refractivity contribution >= 4 is 11.7 Å². The first-order valence-corrected chi connectivity index (χ1v) is 7.82. The van der Waals surface area contributed by atoms with Crippen molar-refractivity contribution in [1.29, 1.82) is 0 Å². The van der Waals surface area contributed by atoms with Gasteiger partial charge in [-0.25, -0.2) is 4.79 Å². The number of methoxy groups -OCH3 is 1. The molecule has 2 aliphatic carbocycles. The topological polar surface area (TPSA) is 38.3 Å². The van der Waals surface area contributed by atoms with Gasteiger partial charge < -0.3 is 10.1 Å². The maximum absolute atomic E-state index is 11.9. The zero-order chi connectivity index (χ0) is 15.3. The third-order valence-electron chi connectivity index (χ3n) is 5.90. The molecule has 3 nitrogen and oxygen atoms in total. The standard InChI is InChI=1S/C18H25NO2/c1-17(2)12-9-10-18(3,11-12)16(17)19-14-8-6-5-7-13(14)15(20)21-4/h5-8,12,16,19H,9-11H2,1-4H3. The highest BCUT2D eigenvalue weighted by Crippen LogP contribution is 2.63. The molecule has 1 N–H and O–H groups in total. The molecule has 3 atom stereocenters. The molecule has 1 aromatic carbocycles. The normalized spacial score (nSPS) is 33.0. The van der Waals surface area contributed by atoms with Gasteiger partial charge in [0.25, 0.3) is 0 Å². The smallest absolute Gasteiger partial charge is 0.339 e. The molecular formula is C18H25NO2. The Morgan fingerprint density at radius 3 is 2.62 bits per heavy atom. The second-order valence-corrected chi connectivity index (χ2v) is 7.53. The SMILES string of the molecule is COC(=O)c1ccccc1NC1C2(C)CCC(C2)C1(C)C. The predicted molar refractivity (Wildman–Crippen MR) is 84.4 cm³/mol. The van der Waals surface area contributed by atoms with Crippen molar-refractivity contribution in [1.82, 2.24) is 0 Å². The fourth-order valence-electron chi connectivity index (χ4n) is 4.71. The number of fused-ring (bicyclic) bond motifs is 2. The molecule has 0 aromatic heterocycles. The van der Waals surface area contributed by atoms with Crippen LogP contribution in [0.3, 0.4) is 0 Å². The third kappa shape index (κ3) is 2.14. The number of nitrogens with one attached hydrogen (secondary N) is 1. The summed E-state index contributed by atoms with van der Waals surface area (Å²) < 4.78 is 4.90. The van der Waals surface area contributed by atoms with E-state index in [1.807, 2.05) is 24.3 Å². The lowest BCUT2D eigenvalue weighted by molar-refractivity contribution is 0.0601. The molecule has 2 fully saturated rings. The average Bonchev–Trinajstić information content (AvgIpc) is 2.94. The lowest BCUT2D eigenvalue weighted by Gasteiger charge is -2.43. The molecule has 2 saturated carbocycles. The van der Waals surface area contributed by atoms with Gasteiger partial charge in [0.2, 0.25) is 0 Å².